The maximum absolute atomic E-state index is 14.6. The molecule has 0 radical (unpaired) electrons. The van der Waals surface area contributed by atoms with Crippen LogP contribution in [0.4, 0.5) is 10.2 Å². The number of nitrogens with one attached hydrogen (secondary N) is 1. The van der Waals surface area contributed by atoms with Crippen LogP contribution in [-0.4, -0.2) is 52.4 Å². The van der Waals surface area contributed by atoms with Crippen molar-refractivity contribution in [1.82, 2.24) is 20.1 Å². The first-order valence-corrected chi connectivity index (χ1v) is 9.83. The van der Waals surface area contributed by atoms with Gasteiger partial charge in [-0.25, -0.2) is 9.37 Å². The number of nitrogens with two attached hydrogens (primary N) is 1. The second-order valence-corrected chi connectivity index (χ2v) is 7.50. The Labute approximate surface area is 195 Å². The van der Waals surface area contributed by atoms with Crippen LogP contribution >= 0.6 is 12.4 Å². The van der Waals surface area contributed by atoms with Crippen LogP contribution in [0.1, 0.15) is 5.56 Å². The van der Waals surface area contributed by atoms with E-state index in [1.165, 1.54) is 12.1 Å². The second-order valence-electron chi connectivity index (χ2n) is 7.50. The molecule has 33 heavy (non-hydrogen) atoms. The normalized spacial score (nSPS) is 10.8. The van der Waals surface area contributed by atoms with E-state index in [1.807, 2.05) is 31.1 Å². The van der Waals surface area contributed by atoms with Gasteiger partial charge in [0.05, 0.1) is 16.6 Å². The lowest BCUT2D eigenvalue weighted by molar-refractivity contribution is 0.261. The third-order valence-electron chi connectivity index (χ3n) is 5.00. The fraction of sp³-hybridized carbons (Fsp3) is 0.174. The molecule has 0 saturated carbocycles. The molecule has 0 spiro atoms. The standard InChI is InChI=1S/C23H21FN6O2.ClH/c1-30(2)9-10-32-15-6-3-13(4-7-15)19-17(12-25)21(16-8-5-14(31)11-18(16)24)27-23-20(19)22(26)28-29-23;/h3-8,11,31H,9-10H2,1-2H3,(H3,26,27,28,29);1H. The first-order valence-electron chi connectivity index (χ1n) is 9.83. The summed E-state index contributed by atoms with van der Waals surface area (Å²) in [5.41, 5.74) is 7.87. The highest BCUT2D eigenvalue weighted by atomic mass is 35.5. The van der Waals surface area contributed by atoms with Gasteiger partial charge >= 0.3 is 0 Å². The Morgan fingerprint density at radius 2 is 1.94 bits per heavy atom. The summed E-state index contributed by atoms with van der Waals surface area (Å²) in [6, 6.07) is 13.1. The van der Waals surface area contributed by atoms with Crippen molar-refractivity contribution in [3.8, 4) is 40.0 Å². The van der Waals surface area contributed by atoms with E-state index < -0.39 is 5.82 Å². The highest BCUT2D eigenvalue weighted by Crippen LogP contribution is 2.39. The van der Waals surface area contributed by atoms with E-state index in [0.717, 1.165) is 12.6 Å². The summed E-state index contributed by atoms with van der Waals surface area (Å²) in [7, 11) is 3.93. The van der Waals surface area contributed by atoms with Gasteiger partial charge < -0.3 is 20.5 Å². The molecule has 0 bridgehead atoms. The fourth-order valence-corrected chi connectivity index (χ4v) is 3.43. The van der Waals surface area contributed by atoms with E-state index in [4.69, 9.17) is 10.5 Å². The molecule has 4 rings (SSSR count). The lowest BCUT2D eigenvalue weighted by atomic mass is 9.93. The number of nitriles is 1. The van der Waals surface area contributed by atoms with E-state index in [2.05, 4.69) is 21.3 Å². The number of aromatic amines is 1. The number of phenolic OH excluding ortho intramolecular Hbond substituents is 1. The number of aromatic hydroxyl groups is 1. The van der Waals surface area contributed by atoms with Crippen molar-refractivity contribution < 1.29 is 14.2 Å². The van der Waals surface area contributed by atoms with Gasteiger partial charge in [-0.15, -0.1) is 12.4 Å². The quantitative estimate of drug-likeness (QED) is 0.391. The Hall–Kier alpha value is -3.87. The van der Waals surface area contributed by atoms with Gasteiger partial charge in [-0.3, -0.25) is 5.10 Å². The summed E-state index contributed by atoms with van der Waals surface area (Å²) in [5, 5.41) is 26.9. The molecular weight excluding hydrogens is 447 g/mol. The van der Waals surface area contributed by atoms with Gasteiger partial charge in [0.25, 0.3) is 0 Å². The van der Waals surface area contributed by atoms with Crippen LogP contribution in [0.3, 0.4) is 0 Å². The van der Waals surface area contributed by atoms with E-state index in [9.17, 15) is 14.8 Å². The Morgan fingerprint density at radius 1 is 1.21 bits per heavy atom. The van der Waals surface area contributed by atoms with Crippen molar-refractivity contribution in [2.45, 2.75) is 0 Å². The number of halogens is 2. The van der Waals surface area contributed by atoms with Gasteiger partial charge in [0.2, 0.25) is 0 Å². The van der Waals surface area contributed by atoms with E-state index in [-0.39, 0.29) is 46.4 Å². The molecule has 0 aliphatic rings. The number of aromatic nitrogens is 3. The van der Waals surface area contributed by atoms with Crippen molar-refractivity contribution in [3.63, 3.8) is 0 Å². The van der Waals surface area contributed by atoms with Crippen LogP contribution in [-0.2, 0) is 0 Å². The van der Waals surface area contributed by atoms with Crippen LogP contribution in [0.5, 0.6) is 11.5 Å². The predicted molar refractivity (Wildman–Crippen MR) is 127 cm³/mol. The van der Waals surface area contributed by atoms with E-state index >= 15 is 0 Å². The average Bonchev–Trinajstić information content (AvgIpc) is 3.13. The minimum Gasteiger partial charge on any atom is -0.508 e. The number of nitrogen functional groups attached to an aromatic ring is 1. The zero-order valence-corrected chi connectivity index (χ0v) is 18.8. The van der Waals surface area contributed by atoms with Crippen LogP contribution < -0.4 is 10.5 Å². The molecule has 2 aromatic carbocycles. The number of benzene rings is 2. The fourth-order valence-electron chi connectivity index (χ4n) is 3.43. The van der Waals surface area contributed by atoms with Crippen LogP contribution in [0.2, 0.25) is 0 Å². The van der Waals surface area contributed by atoms with Gasteiger partial charge in [0, 0.05) is 23.7 Å². The number of phenols is 1. The molecule has 170 valence electrons. The number of hydrogen-bond acceptors (Lipinski definition) is 7. The number of pyridine rings is 1. The minimum absolute atomic E-state index is 0. The van der Waals surface area contributed by atoms with Gasteiger partial charge in [0.15, 0.2) is 5.65 Å². The van der Waals surface area contributed by atoms with Gasteiger partial charge in [-0.05, 0) is 43.9 Å². The molecule has 2 aromatic heterocycles. The predicted octanol–water partition coefficient (Wildman–Crippen LogP) is 3.95. The number of fused-ring (bicyclic) bond motifs is 1. The van der Waals surface area contributed by atoms with Gasteiger partial charge in [-0.1, -0.05) is 12.1 Å². The van der Waals surface area contributed by atoms with Crippen LogP contribution in [0.15, 0.2) is 42.5 Å². The van der Waals surface area contributed by atoms with Gasteiger partial charge in [0.1, 0.15) is 35.8 Å². The Bertz CT molecular complexity index is 1330. The lowest BCUT2D eigenvalue weighted by Crippen LogP contribution is -2.19. The zero-order chi connectivity index (χ0) is 22.8. The second kappa shape index (κ2) is 9.73. The number of ether oxygens (including phenoxy) is 1. The number of likely N-dealkylation sites (N-methyl/N-ethyl adjacent to an activating group) is 1. The van der Waals surface area contributed by atoms with Crippen molar-refractivity contribution in [1.29, 1.82) is 5.26 Å². The number of H-pyrrole nitrogens is 1. The smallest absolute Gasteiger partial charge is 0.184 e. The third-order valence-corrected chi connectivity index (χ3v) is 5.00. The summed E-state index contributed by atoms with van der Waals surface area (Å²) in [5.74, 6) is 0.0137. The van der Waals surface area contributed by atoms with Crippen molar-refractivity contribution in [2.75, 3.05) is 33.0 Å². The Morgan fingerprint density at radius 3 is 2.58 bits per heavy atom. The highest BCUT2D eigenvalue weighted by molar-refractivity contribution is 6.04. The number of nitrogens with zero attached hydrogens (tertiary/aromatic N) is 4. The first kappa shape index (κ1) is 23.8. The summed E-state index contributed by atoms with van der Waals surface area (Å²) >= 11 is 0. The summed E-state index contributed by atoms with van der Waals surface area (Å²) in [6.45, 7) is 1.31. The number of hydrogen-bond donors (Lipinski definition) is 3. The largest absolute Gasteiger partial charge is 0.508 e. The molecule has 2 heterocycles. The monoisotopic (exact) mass is 468 g/mol. The maximum atomic E-state index is 14.6. The molecule has 10 heteroatoms. The molecule has 8 nitrogen and oxygen atoms in total. The van der Waals surface area contributed by atoms with E-state index in [1.54, 1.807) is 12.1 Å². The molecular formula is C23H22ClFN6O2. The average molecular weight is 469 g/mol. The molecule has 0 aliphatic carbocycles. The zero-order valence-electron chi connectivity index (χ0n) is 18.0. The molecule has 4 N–H and O–H groups in total. The Kier molecular flexibility index (Phi) is 7.01. The summed E-state index contributed by atoms with van der Waals surface area (Å²) in [6.07, 6.45) is 0. The van der Waals surface area contributed by atoms with Crippen LogP contribution in [0.25, 0.3) is 33.4 Å². The van der Waals surface area contributed by atoms with Crippen molar-refractivity contribution >= 4 is 29.3 Å². The molecule has 0 fully saturated rings. The summed E-state index contributed by atoms with van der Waals surface area (Å²) < 4.78 is 20.4. The lowest BCUT2D eigenvalue weighted by Gasteiger charge is -2.13. The third kappa shape index (κ3) is 4.67. The molecule has 0 unspecified atom stereocenters. The van der Waals surface area contributed by atoms with Crippen molar-refractivity contribution in [3.05, 3.63) is 53.8 Å². The molecule has 0 atom stereocenters. The highest BCUT2D eigenvalue weighted by Gasteiger charge is 2.23. The number of anilines is 1. The summed E-state index contributed by atoms with van der Waals surface area (Å²) in [4.78, 5) is 6.41. The Balaban J connectivity index is 0.00000306. The van der Waals surface area contributed by atoms with Gasteiger partial charge in [-0.2, -0.15) is 10.4 Å². The molecule has 4 aromatic rings. The van der Waals surface area contributed by atoms with Crippen molar-refractivity contribution in [2.24, 2.45) is 0 Å². The molecule has 0 aliphatic heterocycles. The topological polar surface area (TPSA) is 124 Å². The minimum atomic E-state index is -0.701. The molecule has 0 amide bonds. The SMILES string of the molecule is CN(C)CCOc1ccc(-c2c(C#N)c(-c3ccc(O)cc3F)nc3n[nH]c(N)c23)cc1.Cl. The number of rotatable bonds is 6. The van der Waals surface area contributed by atoms with Crippen LogP contribution in [0, 0.1) is 17.1 Å². The van der Waals surface area contributed by atoms with E-state index in [0.29, 0.717) is 28.9 Å². The maximum Gasteiger partial charge on any atom is 0.184 e. The molecule has 0 saturated heterocycles. The first-order chi connectivity index (χ1) is 15.4.